The van der Waals surface area contributed by atoms with Gasteiger partial charge in [-0.1, -0.05) is 20.8 Å². The Hall–Kier alpha value is 2.10. The predicted octanol–water partition coefficient (Wildman–Crippen LogP) is 5.55. The molecule has 0 aromatic carbocycles. The molecule has 6 heteroatoms. The number of thiol groups is 3. The maximum Gasteiger partial charge on any atom is 0.0473 e. The van der Waals surface area contributed by atoms with Gasteiger partial charge in [0, 0.05) is 30.5 Å². The van der Waals surface area contributed by atoms with Gasteiger partial charge in [-0.3, -0.25) is 0 Å². The number of hydrogen-bond acceptors (Lipinski definition) is 6. The average molecular weight is 363 g/mol. The molecule has 0 saturated heterocycles. The van der Waals surface area contributed by atoms with E-state index in [9.17, 15) is 0 Å². The Bertz CT molecular complexity index is 175. The highest BCUT2D eigenvalue weighted by molar-refractivity contribution is 8.14. The lowest BCUT2D eigenvalue weighted by Gasteiger charge is -2.21. The van der Waals surface area contributed by atoms with Gasteiger partial charge in [0.25, 0.3) is 0 Å². The van der Waals surface area contributed by atoms with E-state index in [1.807, 2.05) is 35.3 Å². The fraction of sp³-hybridized carbons (Fsp3) is 1.00. The molecule has 0 N–H and O–H groups in total. The van der Waals surface area contributed by atoms with Gasteiger partial charge < -0.3 is 0 Å². The summed E-state index contributed by atoms with van der Waals surface area (Å²) in [7, 11) is 0. The number of hydrogen-bond donors (Lipinski definition) is 3. The highest BCUT2D eigenvalue weighted by Crippen LogP contribution is 2.32. The van der Waals surface area contributed by atoms with Gasteiger partial charge in [0.2, 0.25) is 0 Å². The minimum absolute atomic E-state index is 0.455. The van der Waals surface area contributed by atoms with E-state index in [1.165, 1.54) is 11.5 Å². The maximum atomic E-state index is 4.61. The molecule has 0 nitrogen and oxygen atoms in total. The van der Waals surface area contributed by atoms with Gasteiger partial charge in [0.1, 0.15) is 0 Å². The SMILES string of the molecule is CCC(S)SCC(CSC(S)CC)SC(S)CC. The molecule has 0 saturated carbocycles. The summed E-state index contributed by atoms with van der Waals surface area (Å²) in [5, 5.41) is 0.657. The van der Waals surface area contributed by atoms with Crippen molar-refractivity contribution in [2.45, 2.75) is 59.0 Å². The molecule has 0 radical (unpaired) electrons. The van der Waals surface area contributed by atoms with Gasteiger partial charge in [-0.2, -0.15) is 37.9 Å². The summed E-state index contributed by atoms with van der Waals surface area (Å²) in [6.45, 7) is 6.58. The zero-order valence-corrected chi connectivity index (χ0v) is 16.5. The van der Waals surface area contributed by atoms with Crippen LogP contribution in [0.25, 0.3) is 0 Å². The molecule has 18 heavy (non-hydrogen) atoms. The van der Waals surface area contributed by atoms with Crippen molar-refractivity contribution in [2.75, 3.05) is 11.5 Å². The topological polar surface area (TPSA) is 0 Å². The summed E-state index contributed by atoms with van der Waals surface area (Å²) in [5.74, 6) is 2.34. The molecule has 0 rings (SSSR count). The summed E-state index contributed by atoms with van der Waals surface area (Å²) in [6.07, 6.45) is 3.37. The second-order valence-corrected chi connectivity index (χ2v) is 10.9. The van der Waals surface area contributed by atoms with Gasteiger partial charge >= 0.3 is 0 Å². The Balaban J connectivity index is 4.07. The smallest absolute Gasteiger partial charge is 0.0473 e. The molecular formula is C12H26S6. The monoisotopic (exact) mass is 362 g/mol. The summed E-state index contributed by atoms with van der Waals surface area (Å²) in [5.41, 5.74) is 0. The van der Waals surface area contributed by atoms with Crippen molar-refractivity contribution in [1.82, 2.24) is 0 Å². The third-order valence-corrected chi connectivity index (χ3v) is 9.11. The molecule has 0 aliphatic heterocycles. The van der Waals surface area contributed by atoms with Crippen molar-refractivity contribution < 1.29 is 0 Å². The van der Waals surface area contributed by atoms with Crippen LogP contribution in [-0.2, 0) is 0 Å². The van der Waals surface area contributed by atoms with Crippen LogP contribution in [-0.4, -0.2) is 30.5 Å². The molecular weight excluding hydrogens is 337 g/mol. The third-order valence-electron chi connectivity index (χ3n) is 2.35. The molecule has 0 amide bonds. The van der Waals surface area contributed by atoms with Crippen LogP contribution in [0.15, 0.2) is 0 Å². The normalized spacial score (nSPS) is 18.3. The average Bonchev–Trinajstić information content (AvgIpc) is 2.40. The Morgan fingerprint density at radius 3 is 1.44 bits per heavy atom. The van der Waals surface area contributed by atoms with Crippen molar-refractivity contribution in [3.63, 3.8) is 0 Å². The fourth-order valence-electron chi connectivity index (χ4n) is 1.12. The molecule has 0 bridgehead atoms. The van der Waals surface area contributed by atoms with Crippen LogP contribution in [0.4, 0.5) is 0 Å². The summed E-state index contributed by atoms with van der Waals surface area (Å²) >= 11 is 19.7. The lowest BCUT2D eigenvalue weighted by molar-refractivity contribution is 1.03. The van der Waals surface area contributed by atoms with Crippen LogP contribution < -0.4 is 0 Å². The molecule has 0 heterocycles. The number of thioether (sulfide) groups is 3. The van der Waals surface area contributed by atoms with E-state index in [0.29, 0.717) is 19.0 Å². The van der Waals surface area contributed by atoms with Gasteiger partial charge in [0.15, 0.2) is 0 Å². The first-order valence-electron chi connectivity index (χ1n) is 6.46. The second-order valence-electron chi connectivity index (χ2n) is 4.01. The molecule has 0 aromatic heterocycles. The first-order chi connectivity index (χ1) is 8.53. The van der Waals surface area contributed by atoms with Crippen LogP contribution in [0.2, 0.25) is 0 Å². The van der Waals surface area contributed by atoms with E-state index in [0.717, 1.165) is 19.3 Å². The van der Waals surface area contributed by atoms with Crippen molar-refractivity contribution >= 4 is 73.2 Å². The van der Waals surface area contributed by atoms with E-state index >= 15 is 0 Å². The van der Waals surface area contributed by atoms with Gasteiger partial charge in [-0.15, -0.1) is 35.3 Å². The molecule has 0 fully saturated rings. The number of rotatable bonds is 11. The Morgan fingerprint density at radius 1 is 0.722 bits per heavy atom. The lowest BCUT2D eigenvalue weighted by Crippen LogP contribution is -2.16. The lowest BCUT2D eigenvalue weighted by atomic mass is 10.5. The largest absolute Gasteiger partial charge is 0.165 e. The van der Waals surface area contributed by atoms with Crippen molar-refractivity contribution in [1.29, 1.82) is 0 Å². The van der Waals surface area contributed by atoms with E-state index in [2.05, 4.69) is 58.7 Å². The maximum absolute atomic E-state index is 4.61. The standard InChI is InChI=1S/C12H26S6/c1-4-10(13)16-7-9(18-12(15)6-3)8-17-11(14)5-2/h9-15H,4-8H2,1-3H3. The minimum Gasteiger partial charge on any atom is -0.165 e. The van der Waals surface area contributed by atoms with E-state index in [-0.39, 0.29) is 0 Å². The molecule has 0 aliphatic rings. The zero-order chi connectivity index (χ0) is 14.0. The summed E-state index contributed by atoms with van der Waals surface area (Å²) < 4.78 is 1.39. The van der Waals surface area contributed by atoms with Gasteiger partial charge in [-0.05, 0) is 19.3 Å². The zero-order valence-electron chi connectivity index (χ0n) is 11.4. The fourth-order valence-corrected chi connectivity index (χ4v) is 5.62. The second kappa shape index (κ2) is 12.8. The molecule has 0 aliphatic carbocycles. The summed E-state index contributed by atoms with van der Waals surface area (Å²) in [4.78, 5) is 0. The van der Waals surface area contributed by atoms with Crippen LogP contribution in [0.3, 0.4) is 0 Å². The predicted molar refractivity (Wildman–Crippen MR) is 105 cm³/mol. The van der Waals surface area contributed by atoms with Crippen molar-refractivity contribution in [3.05, 3.63) is 0 Å². The molecule has 110 valence electrons. The highest BCUT2D eigenvalue weighted by atomic mass is 32.2. The van der Waals surface area contributed by atoms with Gasteiger partial charge in [0.05, 0.1) is 0 Å². The van der Waals surface area contributed by atoms with Crippen molar-refractivity contribution in [2.24, 2.45) is 0 Å². The first kappa shape index (κ1) is 20.1. The minimum atomic E-state index is 0.455. The Kier molecular flexibility index (Phi) is 14.3. The van der Waals surface area contributed by atoms with Crippen LogP contribution in [0.1, 0.15) is 40.0 Å². The first-order valence-corrected chi connectivity index (χ1v) is 11.0. The van der Waals surface area contributed by atoms with Crippen LogP contribution in [0, 0.1) is 0 Å². The van der Waals surface area contributed by atoms with E-state index in [1.54, 1.807) is 0 Å². The van der Waals surface area contributed by atoms with E-state index in [4.69, 9.17) is 0 Å². The van der Waals surface area contributed by atoms with Crippen LogP contribution in [0.5, 0.6) is 0 Å². The molecule has 3 unspecified atom stereocenters. The quantitative estimate of drug-likeness (QED) is 0.326. The van der Waals surface area contributed by atoms with Crippen LogP contribution >= 0.6 is 73.2 Å². The van der Waals surface area contributed by atoms with E-state index < -0.39 is 0 Å². The third kappa shape index (κ3) is 10.8. The summed E-state index contributed by atoms with van der Waals surface area (Å²) in [6, 6.07) is 0. The van der Waals surface area contributed by atoms with Crippen molar-refractivity contribution in [3.8, 4) is 0 Å². The molecule has 3 atom stereocenters. The Morgan fingerprint density at radius 2 is 1.11 bits per heavy atom. The Labute approximate surface area is 143 Å². The molecule has 0 aromatic rings. The van der Waals surface area contributed by atoms with Gasteiger partial charge in [-0.25, -0.2) is 0 Å². The molecule has 0 spiro atoms. The highest BCUT2D eigenvalue weighted by Gasteiger charge is 2.16.